The van der Waals surface area contributed by atoms with Crippen molar-refractivity contribution in [2.24, 2.45) is 4.99 Å². The predicted molar refractivity (Wildman–Crippen MR) is 89.7 cm³/mol. The van der Waals surface area contributed by atoms with Gasteiger partial charge in [0.1, 0.15) is 5.60 Å². The van der Waals surface area contributed by atoms with Gasteiger partial charge in [-0.15, -0.1) is 0 Å². The molecule has 132 valence electrons. The van der Waals surface area contributed by atoms with E-state index in [0.29, 0.717) is 13.1 Å². The maximum atomic E-state index is 12.2. The van der Waals surface area contributed by atoms with Crippen LogP contribution in [0.1, 0.15) is 34.1 Å². The highest BCUT2D eigenvalue weighted by molar-refractivity contribution is 5.82. The Kier molecular flexibility index (Phi) is 6.10. The molecule has 7 nitrogen and oxygen atoms in total. The summed E-state index contributed by atoms with van der Waals surface area (Å²) in [6.07, 6.45) is 0.741. The second-order valence-corrected chi connectivity index (χ2v) is 6.92. The van der Waals surface area contributed by atoms with Gasteiger partial charge in [-0.1, -0.05) is 0 Å². The lowest BCUT2D eigenvalue weighted by Gasteiger charge is -2.39. The van der Waals surface area contributed by atoms with E-state index in [1.165, 1.54) is 0 Å². The molecule has 1 amide bonds. The molecule has 0 radical (unpaired) electrons. The number of hydrogen-bond donors (Lipinski definition) is 1. The zero-order valence-electron chi connectivity index (χ0n) is 14.8. The van der Waals surface area contributed by atoms with E-state index < -0.39 is 5.60 Å². The number of piperazine rings is 1. The van der Waals surface area contributed by atoms with Crippen LogP contribution in [0.2, 0.25) is 0 Å². The van der Waals surface area contributed by atoms with E-state index in [0.717, 1.165) is 45.2 Å². The first-order valence-electron chi connectivity index (χ1n) is 8.51. The summed E-state index contributed by atoms with van der Waals surface area (Å²) in [5, 5.41) is 3.38. The summed E-state index contributed by atoms with van der Waals surface area (Å²) in [7, 11) is 0. The molecule has 7 heteroatoms. The Hall–Kier alpha value is -1.50. The zero-order valence-corrected chi connectivity index (χ0v) is 14.8. The largest absolute Gasteiger partial charge is 0.444 e. The standard InChI is InChI=1S/C16H30N4O3/c1-5-22-10-6-7-17-14-18-11-13-12-19(8-9-20(13)14)15(21)23-16(2,3)4/h13H,5-12H2,1-4H3,(H,17,18). The molecule has 0 aliphatic carbocycles. The Morgan fingerprint density at radius 3 is 2.87 bits per heavy atom. The van der Waals surface area contributed by atoms with Gasteiger partial charge in [-0.25, -0.2) is 4.79 Å². The molecule has 1 fully saturated rings. The van der Waals surface area contributed by atoms with Crippen molar-refractivity contribution >= 4 is 12.1 Å². The van der Waals surface area contributed by atoms with E-state index >= 15 is 0 Å². The molecule has 1 saturated heterocycles. The highest BCUT2D eigenvalue weighted by Gasteiger charge is 2.36. The number of ether oxygens (including phenoxy) is 2. The summed E-state index contributed by atoms with van der Waals surface area (Å²) >= 11 is 0. The molecule has 1 atom stereocenters. The number of hydrogen-bond acceptors (Lipinski definition) is 6. The van der Waals surface area contributed by atoms with Gasteiger partial charge in [-0.2, -0.15) is 0 Å². The van der Waals surface area contributed by atoms with Gasteiger partial charge in [0.2, 0.25) is 0 Å². The second kappa shape index (κ2) is 7.86. The lowest BCUT2D eigenvalue weighted by atomic mass is 10.2. The minimum absolute atomic E-state index is 0.227. The smallest absolute Gasteiger partial charge is 0.410 e. The van der Waals surface area contributed by atoms with E-state index in [4.69, 9.17) is 9.47 Å². The summed E-state index contributed by atoms with van der Waals surface area (Å²) in [6.45, 7) is 12.9. The van der Waals surface area contributed by atoms with Gasteiger partial charge in [0.05, 0.1) is 12.6 Å². The summed E-state index contributed by atoms with van der Waals surface area (Å²) in [5.41, 5.74) is -0.451. The lowest BCUT2D eigenvalue weighted by molar-refractivity contribution is 0.0137. The fourth-order valence-electron chi connectivity index (χ4n) is 2.74. The number of nitrogens with one attached hydrogen (secondary N) is 1. The van der Waals surface area contributed by atoms with Crippen LogP contribution in [0.3, 0.4) is 0 Å². The van der Waals surface area contributed by atoms with Gasteiger partial charge >= 0.3 is 6.09 Å². The number of amides is 1. The molecule has 0 aromatic heterocycles. The predicted octanol–water partition coefficient (Wildman–Crippen LogP) is 1.29. The summed E-state index contributed by atoms with van der Waals surface area (Å²) in [6, 6.07) is 0.255. The van der Waals surface area contributed by atoms with Crippen LogP contribution >= 0.6 is 0 Å². The van der Waals surface area contributed by atoms with E-state index in [9.17, 15) is 4.79 Å². The van der Waals surface area contributed by atoms with Gasteiger partial charge in [-0.3, -0.25) is 4.99 Å². The monoisotopic (exact) mass is 326 g/mol. The molecular formula is C16H30N4O3. The minimum atomic E-state index is -0.451. The number of rotatable bonds is 5. The molecule has 2 aliphatic heterocycles. The van der Waals surface area contributed by atoms with Crippen molar-refractivity contribution in [3.63, 3.8) is 0 Å². The summed E-state index contributed by atoms with van der Waals surface area (Å²) in [4.78, 5) is 20.8. The van der Waals surface area contributed by atoms with E-state index in [2.05, 4.69) is 15.2 Å². The number of carbonyl (C=O) groups is 1. The van der Waals surface area contributed by atoms with Gasteiger partial charge in [0.15, 0.2) is 5.96 Å². The molecule has 1 N–H and O–H groups in total. The van der Waals surface area contributed by atoms with Crippen molar-refractivity contribution in [3.05, 3.63) is 0 Å². The Balaban J connectivity index is 1.75. The molecule has 1 unspecified atom stereocenters. The van der Waals surface area contributed by atoms with E-state index in [1.807, 2.05) is 27.7 Å². The first-order chi connectivity index (χ1) is 10.9. The van der Waals surface area contributed by atoms with Crippen LogP contribution in [-0.2, 0) is 9.47 Å². The molecule has 0 bridgehead atoms. The van der Waals surface area contributed by atoms with Gasteiger partial charge < -0.3 is 24.6 Å². The minimum Gasteiger partial charge on any atom is -0.444 e. The maximum Gasteiger partial charge on any atom is 0.410 e. The van der Waals surface area contributed by atoms with Crippen LogP contribution in [0.4, 0.5) is 4.79 Å². The van der Waals surface area contributed by atoms with Crippen molar-refractivity contribution in [1.29, 1.82) is 0 Å². The van der Waals surface area contributed by atoms with Crippen molar-refractivity contribution in [3.8, 4) is 0 Å². The Morgan fingerprint density at radius 2 is 2.17 bits per heavy atom. The number of carbonyl (C=O) groups excluding carboxylic acids is 1. The van der Waals surface area contributed by atoms with E-state index in [1.54, 1.807) is 4.90 Å². The highest BCUT2D eigenvalue weighted by atomic mass is 16.6. The van der Waals surface area contributed by atoms with Gasteiger partial charge in [-0.05, 0) is 34.1 Å². The third-order valence-corrected chi connectivity index (χ3v) is 3.81. The fourth-order valence-corrected chi connectivity index (χ4v) is 2.74. The van der Waals surface area contributed by atoms with Crippen LogP contribution in [0.5, 0.6) is 0 Å². The Labute approximate surface area is 139 Å². The third-order valence-electron chi connectivity index (χ3n) is 3.81. The van der Waals surface area contributed by atoms with Crippen LogP contribution in [0.15, 0.2) is 4.99 Å². The van der Waals surface area contributed by atoms with Crippen molar-refractivity contribution in [1.82, 2.24) is 15.1 Å². The Morgan fingerprint density at radius 1 is 1.39 bits per heavy atom. The quantitative estimate of drug-likeness (QED) is 0.771. The normalized spacial score (nSPS) is 21.0. The van der Waals surface area contributed by atoms with Crippen molar-refractivity contribution in [2.75, 3.05) is 45.9 Å². The van der Waals surface area contributed by atoms with Gasteiger partial charge in [0.25, 0.3) is 0 Å². The second-order valence-electron chi connectivity index (χ2n) is 6.92. The van der Waals surface area contributed by atoms with Crippen molar-refractivity contribution < 1.29 is 14.3 Å². The summed E-state index contributed by atoms with van der Waals surface area (Å²) in [5.74, 6) is 0.954. The lowest BCUT2D eigenvalue weighted by Crippen LogP contribution is -2.57. The molecule has 0 aromatic rings. The Bertz CT molecular complexity index is 434. The number of nitrogens with zero attached hydrogens (tertiary/aromatic N) is 3. The van der Waals surface area contributed by atoms with Crippen LogP contribution < -0.4 is 5.32 Å². The SMILES string of the molecule is CCOCCCNC1=NCC2CN(C(=O)OC(C)(C)C)CCN12. The molecule has 0 aromatic carbocycles. The number of guanidine groups is 1. The van der Waals surface area contributed by atoms with Gasteiger partial charge in [0, 0.05) is 39.4 Å². The van der Waals surface area contributed by atoms with E-state index in [-0.39, 0.29) is 12.1 Å². The molecule has 0 saturated carbocycles. The van der Waals surface area contributed by atoms with Crippen molar-refractivity contribution in [2.45, 2.75) is 45.8 Å². The molecule has 0 spiro atoms. The molecule has 2 aliphatic rings. The topological polar surface area (TPSA) is 66.4 Å². The summed E-state index contributed by atoms with van der Waals surface area (Å²) < 4.78 is 10.8. The van der Waals surface area contributed by atoms with Crippen LogP contribution in [0.25, 0.3) is 0 Å². The molecule has 2 heterocycles. The number of aliphatic imine (C=N–C) groups is 1. The number of fused-ring (bicyclic) bond motifs is 1. The average Bonchev–Trinajstić information content (AvgIpc) is 2.88. The highest BCUT2D eigenvalue weighted by Crippen LogP contribution is 2.18. The van der Waals surface area contributed by atoms with Crippen LogP contribution in [-0.4, -0.2) is 79.4 Å². The zero-order chi connectivity index (χ0) is 16.9. The van der Waals surface area contributed by atoms with Crippen LogP contribution in [0, 0.1) is 0 Å². The maximum absolute atomic E-state index is 12.2. The first kappa shape index (κ1) is 17.8. The fraction of sp³-hybridized carbons (Fsp3) is 0.875. The molecular weight excluding hydrogens is 296 g/mol. The average molecular weight is 326 g/mol. The third kappa shape index (κ3) is 5.27. The molecule has 23 heavy (non-hydrogen) atoms. The first-order valence-corrected chi connectivity index (χ1v) is 8.51. The molecule has 2 rings (SSSR count).